The summed E-state index contributed by atoms with van der Waals surface area (Å²) in [5.74, 6) is -1.00. The molecule has 3 aromatic rings. The second kappa shape index (κ2) is 11.0. The van der Waals surface area contributed by atoms with Crippen LogP contribution in [-0.2, 0) is 32.8 Å². The first kappa shape index (κ1) is 28.4. The number of carbonyl (C=O) groups is 1. The number of aromatic nitrogens is 4. The number of hydrogen-bond acceptors (Lipinski definition) is 12. The lowest BCUT2D eigenvalue weighted by Crippen LogP contribution is -2.38. The number of nitrogens with zero attached hydrogens (tertiary/aromatic N) is 4. The van der Waals surface area contributed by atoms with E-state index < -0.39 is 50.1 Å². The number of carbonyl (C=O) groups excluding carboxylic acids is 1. The lowest BCUT2D eigenvalue weighted by molar-refractivity contribution is -0.199. The standard InChI is InChI=1S/C25H33N6O8P/c1-14(2)35-24(32)15(3)30-40(33,39-16-9-7-6-8-10-16)34-11-17-19-20(38-25(4,5)37-19)23(36-17)31-13-29-18-21(26)27-12-28-22(18)31/h6-10,12-15,17,19-20,23H,11H2,1-5H3,(H,30,33)(H2,26,27,28)/t15-,17+,19+,20+,23+,40?/m0/s1. The molecule has 0 bridgehead atoms. The van der Waals surface area contributed by atoms with Crippen molar-refractivity contribution in [3.63, 3.8) is 0 Å². The number of imidazole rings is 1. The van der Waals surface area contributed by atoms with E-state index in [1.54, 1.807) is 68.9 Å². The topological polar surface area (TPSA) is 171 Å². The van der Waals surface area contributed by atoms with Crippen LogP contribution in [-0.4, -0.2) is 68.3 Å². The molecule has 0 radical (unpaired) electrons. The maximum atomic E-state index is 13.9. The van der Waals surface area contributed by atoms with Crippen molar-refractivity contribution in [1.29, 1.82) is 0 Å². The molecule has 14 nitrogen and oxygen atoms in total. The zero-order chi connectivity index (χ0) is 28.7. The highest BCUT2D eigenvalue weighted by Gasteiger charge is 2.56. The molecule has 2 aliphatic heterocycles. The SMILES string of the molecule is CC(C)OC(=O)[C@H](C)NP(=O)(OC[C@H]1O[C@@H](n2cnc3c(N)ncnc32)[C@@H]2OC(C)(C)O[C@@H]21)Oc1ccccc1. The predicted molar refractivity (Wildman–Crippen MR) is 142 cm³/mol. The van der Waals surface area contributed by atoms with Crippen LogP contribution in [0, 0.1) is 0 Å². The molecule has 6 atom stereocenters. The Morgan fingerprint density at radius 1 is 1.15 bits per heavy atom. The second-order valence-electron chi connectivity index (χ2n) is 10.2. The zero-order valence-corrected chi connectivity index (χ0v) is 23.7. The fourth-order valence-corrected chi connectivity index (χ4v) is 6.08. The van der Waals surface area contributed by atoms with Crippen molar-refractivity contribution in [3.8, 4) is 5.75 Å². The molecule has 3 N–H and O–H groups in total. The van der Waals surface area contributed by atoms with Gasteiger partial charge in [0.25, 0.3) is 0 Å². The van der Waals surface area contributed by atoms with Crippen molar-refractivity contribution in [1.82, 2.24) is 24.6 Å². The Morgan fingerprint density at radius 2 is 1.88 bits per heavy atom. The smallest absolute Gasteiger partial charge is 0.459 e. The van der Waals surface area contributed by atoms with Crippen LogP contribution in [0.1, 0.15) is 40.8 Å². The van der Waals surface area contributed by atoms with Crippen LogP contribution < -0.4 is 15.3 Å². The van der Waals surface area contributed by atoms with Crippen LogP contribution in [0.4, 0.5) is 5.82 Å². The van der Waals surface area contributed by atoms with Gasteiger partial charge < -0.3 is 29.2 Å². The van der Waals surface area contributed by atoms with E-state index in [4.69, 9.17) is 33.7 Å². The minimum atomic E-state index is -4.12. The second-order valence-corrected chi connectivity index (χ2v) is 11.9. The van der Waals surface area contributed by atoms with Gasteiger partial charge in [-0.2, -0.15) is 5.09 Å². The Kier molecular flexibility index (Phi) is 7.83. The third kappa shape index (κ3) is 5.97. The number of nitrogens with two attached hydrogens (primary N) is 1. The summed E-state index contributed by atoms with van der Waals surface area (Å²) in [5, 5.41) is 2.68. The third-order valence-corrected chi connectivity index (χ3v) is 7.86. The first-order valence-corrected chi connectivity index (χ1v) is 14.4. The van der Waals surface area contributed by atoms with Gasteiger partial charge >= 0.3 is 13.7 Å². The number of nitrogen functional groups attached to an aromatic ring is 1. The Labute approximate surface area is 231 Å². The molecule has 0 saturated carbocycles. The first-order valence-electron chi connectivity index (χ1n) is 12.9. The van der Waals surface area contributed by atoms with Gasteiger partial charge in [-0.05, 0) is 46.8 Å². The normalized spacial score (nSPS) is 25.9. The third-order valence-electron chi connectivity index (χ3n) is 6.22. The van der Waals surface area contributed by atoms with Crippen molar-refractivity contribution >= 4 is 30.7 Å². The molecule has 15 heteroatoms. The number of benzene rings is 1. The lowest BCUT2D eigenvalue weighted by atomic mass is 10.1. The van der Waals surface area contributed by atoms with Gasteiger partial charge in [0.05, 0.1) is 19.0 Å². The monoisotopic (exact) mass is 576 g/mol. The van der Waals surface area contributed by atoms with Crippen LogP contribution in [0.5, 0.6) is 5.75 Å². The number of hydrogen-bond donors (Lipinski definition) is 2. The Morgan fingerprint density at radius 3 is 2.60 bits per heavy atom. The predicted octanol–water partition coefficient (Wildman–Crippen LogP) is 2.96. The van der Waals surface area contributed by atoms with E-state index in [1.165, 1.54) is 13.3 Å². The molecule has 2 fully saturated rings. The summed E-state index contributed by atoms with van der Waals surface area (Å²) in [6.45, 7) is 8.32. The molecule has 216 valence electrons. The van der Waals surface area contributed by atoms with Crippen LogP contribution in [0.2, 0.25) is 0 Å². The molecule has 2 aliphatic rings. The van der Waals surface area contributed by atoms with Gasteiger partial charge in [-0.3, -0.25) is 13.9 Å². The van der Waals surface area contributed by atoms with Crippen molar-refractivity contribution < 1.29 is 37.4 Å². The highest BCUT2D eigenvalue weighted by molar-refractivity contribution is 7.52. The molecular weight excluding hydrogens is 543 g/mol. The number of esters is 1. The summed E-state index contributed by atoms with van der Waals surface area (Å²) in [6, 6.07) is 7.50. The quantitative estimate of drug-likeness (QED) is 0.267. The summed E-state index contributed by atoms with van der Waals surface area (Å²) in [7, 11) is -4.12. The van der Waals surface area contributed by atoms with E-state index in [9.17, 15) is 9.36 Å². The van der Waals surface area contributed by atoms with E-state index in [2.05, 4.69) is 20.0 Å². The largest absolute Gasteiger partial charge is 0.462 e. The molecule has 5 rings (SSSR count). The summed E-state index contributed by atoms with van der Waals surface area (Å²) in [4.78, 5) is 25.1. The average Bonchev–Trinajstić information content (AvgIpc) is 3.54. The molecule has 4 heterocycles. The first-order chi connectivity index (χ1) is 18.9. The Hall–Kier alpha value is -3.13. The molecule has 0 amide bonds. The molecule has 1 aromatic carbocycles. The Balaban J connectivity index is 1.38. The van der Waals surface area contributed by atoms with Gasteiger partial charge in [0.1, 0.15) is 41.9 Å². The molecule has 2 aromatic heterocycles. The number of anilines is 1. The van der Waals surface area contributed by atoms with Gasteiger partial charge in [-0.25, -0.2) is 19.5 Å². The van der Waals surface area contributed by atoms with Gasteiger partial charge in [-0.1, -0.05) is 18.2 Å². The van der Waals surface area contributed by atoms with E-state index >= 15 is 0 Å². The minimum Gasteiger partial charge on any atom is -0.462 e. The zero-order valence-electron chi connectivity index (χ0n) is 22.8. The van der Waals surface area contributed by atoms with Crippen LogP contribution in [0.15, 0.2) is 43.0 Å². The van der Waals surface area contributed by atoms with E-state index in [0.717, 1.165) is 0 Å². The number of fused-ring (bicyclic) bond motifs is 2. The fraction of sp³-hybridized carbons (Fsp3) is 0.520. The number of para-hydroxylation sites is 1. The molecular formula is C25H33N6O8P. The summed E-state index contributed by atoms with van der Waals surface area (Å²) >= 11 is 0. The summed E-state index contributed by atoms with van der Waals surface area (Å²) in [6.07, 6.45) is -0.0711. The van der Waals surface area contributed by atoms with Crippen molar-refractivity contribution in [2.24, 2.45) is 0 Å². The number of ether oxygens (including phenoxy) is 4. The van der Waals surface area contributed by atoms with Gasteiger partial charge in [0, 0.05) is 0 Å². The maximum Gasteiger partial charge on any atom is 0.459 e. The van der Waals surface area contributed by atoms with Gasteiger partial charge in [-0.15, -0.1) is 0 Å². The van der Waals surface area contributed by atoms with Gasteiger partial charge in [0.15, 0.2) is 23.5 Å². The van der Waals surface area contributed by atoms with E-state index in [0.29, 0.717) is 11.2 Å². The number of rotatable bonds is 10. The fourth-order valence-electron chi connectivity index (χ4n) is 4.58. The van der Waals surface area contributed by atoms with Crippen LogP contribution >= 0.6 is 7.75 Å². The van der Waals surface area contributed by atoms with Crippen molar-refractivity contribution in [3.05, 3.63) is 43.0 Å². The van der Waals surface area contributed by atoms with Crippen molar-refractivity contribution in [2.75, 3.05) is 12.3 Å². The minimum absolute atomic E-state index is 0.218. The molecule has 0 spiro atoms. The molecule has 0 aliphatic carbocycles. The van der Waals surface area contributed by atoms with Crippen LogP contribution in [0.25, 0.3) is 11.2 Å². The summed E-state index contributed by atoms with van der Waals surface area (Å²) in [5.41, 5.74) is 6.85. The van der Waals surface area contributed by atoms with E-state index in [-0.39, 0.29) is 24.3 Å². The Bertz CT molecular complexity index is 1400. The highest BCUT2D eigenvalue weighted by atomic mass is 31.2. The molecule has 2 saturated heterocycles. The van der Waals surface area contributed by atoms with Crippen molar-refractivity contribution in [2.45, 2.75) is 77.1 Å². The molecule has 1 unspecified atom stereocenters. The van der Waals surface area contributed by atoms with Gasteiger partial charge in [0.2, 0.25) is 0 Å². The maximum absolute atomic E-state index is 13.9. The van der Waals surface area contributed by atoms with Crippen LogP contribution in [0.3, 0.4) is 0 Å². The van der Waals surface area contributed by atoms with E-state index in [1.807, 2.05) is 0 Å². The molecule has 40 heavy (non-hydrogen) atoms. The summed E-state index contributed by atoms with van der Waals surface area (Å²) < 4.78 is 51.1. The highest BCUT2D eigenvalue weighted by Crippen LogP contribution is 2.48. The lowest BCUT2D eigenvalue weighted by Gasteiger charge is -2.27. The average molecular weight is 577 g/mol. The number of nitrogens with one attached hydrogen (secondary N) is 1.